The summed E-state index contributed by atoms with van der Waals surface area (Å²) in [5.74, 6) is -0.360. The molecule has 1 atom stereocenters. The monoisotopic (exact) mass is 380 g/mol. The number of amides is 4. The van der Waals surface area contributed by atoms with Crippen LogP contribution in [0.3, 0.4) is 0 Å². The van der Waals surface area contributed by atoms with E-state index < -0.39 is 0 Å². The highest BCUT2D eigenvalue weighted by Crippen LogP contribution is 2.18. The quantitative estimate of drug-likeness (QED) is 0.554. The van der Waals surface area contributed by atoms with Gasteiger partial charge in [-0.05, 0) is 48.9 Å². The molecule has 2 aromatic carbocycles. The minimum atomic E-state index is -0.374. The van der Waals surface area contributed by atoms with Crippen molar-refractivity contribution >= 4 is 29.2 Å². The molecule has 7 nitrogen and oxygen atoms in total. The molecule has 4 N–H and O–H groups in total. The Morgan fingerprint density at radius 3 is 2.39 bits per heavy atom. The maximum atomic E-state index is 12.2. The topological polar surface area (TPSA) is 99.3 Å². The molecule has 0 aliphatic heterocycles. The lowest BCUT2D eigenvalue weighted by Crippen LogP contribution is -2.31. The van der Waals surface area contributed by atoms with Gasteiger partial charge in [0.05, 0.1) is 6.04 Å². The number of carbonyl (C=O) groups excluding carboxylic acids is 3. The van der Waals surface area contributed by atoms with Crippen LogP contribution in [0.2, 0.25) is 0 Å². The lowest BCUT2D eigenvalue weighted by molar-refractivity contribution is -0.114. The number of nitrogens with one attached hydrogen (secondary N) is 4. The Morgan fingerprint density at radius 1 is 1.04 bits per heavy atom. The van der Waals surface area contributed by atoms with Crippen LogP contribution in [0.1, 0.15) is 35.8 Å². The average molecular weight is 380 g/mol. The van der Waals surface area contributed by atoms with Gasteiger partial charge < -0.3 is 21.3 Å². The molecule has 1 unspecified atom stereocenters. The van der Waals surface area contributed by atoms with Crippen molar-refractivity contribution in [2.75, 3.05) is 17.2 Å². The number of benzene rings is 2. The van der Waals surface area contributed by atoms with Gasteiger partial charge in [0.25, 0.3) is 5.91 Å². The number of rotatable bonds is 7. The van der Waals surface area contributed by atoms with E-state index in [4.69, 9.17) is 0 Å². The zero-order chi connectivity index (χ0) is 20.5. The van der Waals surface area contributed by atoms with Gasteiger partial charge in [-0.3, -0.25) is 9.59 Å². The molecular weight excluding hydrogens is 356 g/mol. The SMILES string of the molecule is C=CCNC(=O)c1ccc(NC(=O)NC(C)c2cccc(NC(C)=O)c2)cc1. The Kier molecular flexibility index (Phi) is 7.33. The second-order valence-corrected chi connectivity index (χ2v) is 6.20. The van der Waals surface area contributed by atoms with E-state index >= 15 is 0 Å². The number of hydrogen-bond donors (Lipinski definition) is 4. The minimum absolute atomic E-state index is 0.155. The van der Waals surface area contributed by atoms with Crippen molar-refractivity contribution in [3.8, 4) is 0 Å². The molecule has 0 aromatic heterocycles. The summed E-state index contributed by atoms with van der Waals surface area (Å²) in [7, 11) is 0. The largest absolute Gasteiger partial charge is 0.349 e. The third kappa shape index (κ3) is 6.28. The van der Waals surface area contributed by atoms with Gasteiger partial charge in [-0.1, -0.05) is 18.2 Å². The maximum absolute atomic E-state index is 12.2. The van der Waals surface area contributed by atoms with Crippen LogP contribution in [0.4, 0.5) is 16.2 Å². The first-order valence-corrected chi connectivity index (χ1v) is 8.83. The molecule has 0 aliphatic carbocycles. The van der Waals surface area contributed by atoms with E-state index in [1.807, 2.05) is 25.1 Å². The van der Waals surface area contributed by atoms with Crippen molar-refractivity contribution in [1.29, 1.82) is 0 Å². The molecule has 2 rings (SSSR count). The standard InChI is InChI=1S/C21H24N4O3/c1-4-12-22-20(27)16-8-10-18(11-9-16)25-21(28)23-14(2)17-6-5-7-19(13-17)24-15(3)26/h4-11,13-14H,1,12H2,2-3H3,(H,22,27)(H,24,26)(H2,23,25,28). The van der Waals surface area contributed by atoms with Gasteiger partial charge in [-0.15, -0.1) is 6.58 Å². The molecule has 2 aromatic rings. The van der Waals surface area contributed by atoms with Gasteiger partial charge >= 0.3 is 6.03 Å². The third-order valence-electron chi connectivity index (χ3n) is 3.87. The molecular formula is C21H24N4O3. The number of anilines is 2. The lowest BCUT2D eigenvalue weighted by atomic mass is 10.1. The predicted molar refractivity (Wildman–Crippen MR) is 110 cm³/mol. The first-order valence-electron chi connectivity index (χ1n) is 8.83. The zero-order valence-electron chi connectivity index (χ0n) is 15.9. The number of carbonyl (C=O) groups is 3. The van der Waals surface area contributed by atoms with Crippen LogP contribution in [0.5, 0.6) is 0 Å². The Bertz CT molecular complexity index is 862. The highest BCUT2D eigenvalue weighted by Gasteiger charge is 2.11. The highest BCUT2D eigenvalue weighted by molar-refractivity contribution is 5.95. The smallest absolute Gasteiger partial charge is 0.319 e. The van der Waals surface area contributed by atoms with E-state index in [1.165, 1.54) is 6.92 Å². The van der Waals surface area contributed by atoms with Crippen LogP contribution in [-0.2, 0) is 4.79 Å². The van der Waals surface area contributed by atoms with E-state index in [2.05, 4.69) is 27.8 Å². The van der Waals surface area contributed by atoms with Crippen molar-refractivity contribution in [2.24, 2.45) is 0 Å². The van der Waals surface area contributed by atoms with Crippen molar-refractivity contribution in [3.05, 3.63) is 72.3 Å². The van der Waals surface area contributed by atoms with Crippen molar-refractivity contribution < 1.29 is 14.4 Å². The first-order chi connectivity index (χ1) is 13.4. The molecule has 0 radical (unpaired) electrons. The normalized spacial score (nSPS) is 11.1. The summed E-state index contributed by atoms with van der Waals surface area (Å²) in [6, 6.07) is 13.2. The average Bonchev–Trinajstić information content (AvgIpc) is 2.66. The van der Waals surface area contributed by atoms with Crippen LogP contribution < -0.4 is 21.3 Å². The molecule has 4 amide bonds. The molecule has 0 bridgehead atoms. The van der Waals surface area contributed by atoms with Crippen LogP contribution in [0.25, 0.3) is 0 Å². The summed E-state index contributed by atoms with van der Waals surface area (Å²) in [4.78, 5) is 35.3. The summed E-state index contributed by atoms with van der Waals surface area (Å²) in [6.07, 6.45) is 1.60. The van der Waals surface area contributed by atoms with E-state index in [0.717, 1.165) is 5.56 Å². The molecule has 0 spiro atoms. The maximum Gasteiger partial charge on any atom is 0.319 e. The van der Waals surface area contributed by atoms with Gasteiger partial charge in [0.1, 0.15) is 0 Å². The fourth-order valence-corrected chi connectivity index (χ4v) is 2.51. The zero-order valence-corrected chi connectivity index (χ0v) is 15.9. The number of hydrogen-bond acceptors (Lipinski definition) is 3. The van der Waals surface area contributed by atoms with Crippen LogP contribution in [0, 0.1) is 0 Å². The second-order valence-electron chi connectivity index (χ2n) is 6.20. The second kappa shape index (κ2) is 9.91. The molecule has 0 heterocycles. The van der Waals surface area contributed by atoms with Gasteiger partial charge in [-0.25, -0.2) is 4.79 Å². The van der Waals surface area contributed by atoms with Crippen LogP contribution in [-0.4, -0.2) is 24.4 Å². The van der Waals surface area contributed by atoms with E-state index in [1.54, 1.807) is 36.4 Å². The molecule has 0 fully saturated rings. The summed E-state index contributed by atoms with van der Waals surface area (Å²) in [5.41, 5.74) is 2.59. The Labute approximate surface area is 164 Å². The van der Waals surface area contributed by atoms with E-state index in [0.29, 0.717) is 23.5 Å². The van der Waals surface area contributed by atoms with Crippen LogP contribution in [0.15, 0.2) is 61.2 Å². The molecule has 0 saturated carbocycles. The van der Waals surface area contributed by atoms with Gasteiger partial charge in [0.2, 0.25) is 5.91 Å². The number of urea groups is 1. The predicted octanol–water partition coefficient (Wildman–Crippen LogP) is 3.44. The van der Waals surface area contributed by atoms with E-state index in [9.17, 15) is 14.4 Å². The third-order valence-corrected chi connectivity index (χ3v) is 3.87. The van der Waals surface area contributed by atoms with E-state index in [-0.39, 0.29) is 23.9 Å². The lowest BCUT2D eigenvalue weighted by Gasteiger charge is -2.16. The van der Waals surface area contributed by atoms with Crippen molar-refractivity contribution in [3.63, 3.8) is 0 Å². The Hall–Kier alpha value is -3.61. The Morgan fingerprint density at radius 2 is 1.75 bits per heavy atom. The van der Waals surface area contributed by atoms with Crippen LogP contribution >= 0.6 is 0 Å². The van der Waals surface area contributed by atoms with Gasteiger partial charge in [0.15, 0.2) is 0 Å². The van der Waals surface area contributed by atoms with Gasteiger partial charge in [-0.2, -0.15) is 0 Å². The summed E-state index contributed by atoms with van der Waals surface area (Å²) in [6.45, 7) is 7.23. The highest BCUT2D eigenvalue weighted by atomic mass is 16.2. The van der Waals surface area contributed by atoms with Gasteiger partial charge in [0, 0.05) is 30.4 Å². The minimum Gasteiger partial charge on any atom is -0.349 e. The summed E-state index contributed by atoms with van der Waals surface area (Å²) in [5, 5.41) is 11.0. The molecule has 7 heteroatoms. The Balaban J connectivity index is 1.93. The van der Waals surface area contributed by atoms with Crippen molar-refractivity contribution in [2.45, 2.75) is 19.9 Å². The van der Waals surface area contributed by atoms with Crippen molar-refractivity contribution in [1.82, 2.24) is 10.6 Å². The first kappa shape index (κ1) is 20.7. The fourth-order valence-electron chi connectivity index (χ4n) is 2.51. The molecule has 0 saturated heterocycles. The summed E-state index contributed by atoms with van der Waals surface area (Å²) >= 11 is 0. The molecule has 0 aliphatic rings. The molecule has 146 valence electrons. The molecule has 28 heavy (non-hydrogen) atoms. The fraction of sp³-hybridized carbons (Fsp3) is 0.190. The summed E-state index contributed by atoms with van der Waals surface area (Å²) < 4.78 is 0.